The minimum Gasteiger partial charge on any atom is -0.506 e. The Kier molecular flexibility index (Phi) is 5.20. The molecule has 1 atom stereocenters. The SMILES string of the molecule is C=C[C@@H](N)c1c(O)c(Br)cc(F)c1F.Cl. The zero-order valence-electron chi connectivity index (χ0n) is 7.51. The fraction of sp³-hybridized carbons (Fsp3) is 0.111. The molecule has 3 N–H and O–H groups in total. The average molecular weight is 301 g/mol. The number of nitrogens with two attached hydrogens (primary N) is 1. The summed E-state index contributed by atoms with van der Waals surface area (Å²) in [4.78, 5) is 0. The van der Waals surface area contributed by atoms with E-state index in [4.69, 9.17) is 5.73 Å². The van der Waals surface area contributed by atoms with Crippen LogP contribution < -0.4 is 5.73 Å². The molecule has 0 spiro atoms. The summed E-state index contributed by atoms with van der Waals surface area (Å²) in [6.45, 7) is 3.34. The third-order valence-electron chi connectivity index (χ3n) is 1.77. The maximum absolute atomic E-state index is 13.2. The molecule has 0 radical (unpaired) electrons. The molecule has 0 saturated heterocycles. The molecule has 0 amide bonds. The van der Waals surface area contributed by atoms with Crippen LogP contribution in [-0.4, -0.2) is 5.11 Å². The van der Waals surface area contributed by atoms with Gasteiger partial charge in [0.2, 0.25) is 0 Å². The van der Waals surface area contributed by atoms with Crippen molar-refractivity contribution in [2.24, 2.45) is 5.73 Å². The molecule has 1 rings (SSSR count). The quantitative estimate of drug-likeness (QED) is 0.651. The van der Waals surface area contributed by atoms with Crippen molar-refractivity contribution in [3.05, 3.63) is 40.4 Å². The van der Waals surface area contributed by atoms with Crippen molar-refractivity contribution >= 4 is 28.3 Å². The first-order valence-corrected chi connectivity index (χ1v) is 4.52. The number of halogens is 4. The molecular weight excluding hydrogens is 291 g/mol. The second kappa shape index (κ2) is 5.44. The van der Waals surface area contributed by atoms with Crippen LogP contribution in [0.4, 0.5) is 8.78 Å². The molecule has 0 aliphatic heterocycles. The summed E-state index contributed by atoms with van der Waals surface area (Å²) in [6.07, 6.45) is 1.21. The first kappa shape index (κ1) is 14.3. The third kappa shape index (κ3) is 2.68. The van der Waals surface area contributed by atoms with Gasteiger partial charge in [-0.2, -0.15) is 0 Å². The van der Waals surface area contributed by atoms with Crippen molar-refractivity contribution in [1.82, 2.24) is 0 Å². The van der Waals surface area contributed by atoms with Crippen molar-refractivity contribution < 1.29 is 13.9 Å². The number of rotatable bonds is 2. The number of hydrogen-bond acceptors (Lipinski definition) is 2. The zero-order valence-corrected chi connectivity index (χ0v) is 9.91. The predicted octanol–water partition coefficient (Wildman–Crippen LogP) is 3.04. The Balaban J connectivity index is 0.00000196. The summed E-state index contributed by atoms with van der Waals surface area (Å²) in [5.41, 5.74) is 5.13. The van der Waals surface area contributed by atoms with Gasteiger partial charge in [0.25, 0.3) is 0 Å². The molecule has 0 aromatic heterocycles. The molecule has 2 nitrogen and oxygen atoms in total. The highest BCUT2D eigenvalue weighted by molar-refractivity contribution is 9.10. The van der Waals surface area contributed by atoms with Crippen LogP contribution >= 0.6 is 28.3 Å². The van der Waals surface area contributed by atoms with Gasteiger partial charge in [0.1, 0.15) is 5.75 Å². The standard InChI is InChI=1S/C9H8BrF2NO.ClH/c1-2-6(13)7-8(12)5(11)3-4(10)9(7)14;/h2-3,6,14H,1,13H2;1H/t6-;/m1./s1. The smallest absolute Gasteiger partial charge is 0.167 e. The molecule has 0 bridgehead atoms. The summed E-state index contributed by atoms with van der Waals surface area (Å²) in [5.74, 6) is -2.63. The number of hydrogen-bond donors (Lipinski definition) is 2. The Bertz CT molecular complexity index is 361. The summed E-state index contributed by atoms with van der Waals surface area (Å²) in [5, 5.41) is 9.42. The van der Waals surface area contributed by atoms with Gasteiger partial charge in [-0.15, -0.1) is 19.0 Å². The molecule has 15 heavy (non-hydrogen) atoms. The minimum atomic E-state index is -1.15. The van der Waals surface area contributed by atoms with Gasteiger partial charge in [0, 0.05) is 0 Å². The van der Waals surface area contributed by atoms with Gasteiger partial charge in [0.05, 0.1) is 16.1 Å². The first-order chi connectivity index (χ1) is 6.49. The van der Waals surface area contributed by atoms with E-state index < -0.39 is 23.4 Å². The summed E-state index contributed by atoms with van der Waals surface area (Å²) >= 11 is 2.88. The Hall–Kier alpha value is -0.650. The van der Waals surface area contributed by atoms with Gasteiger partial charge < -0.3 is 10.8 Å². The van der Waals surface area contributed by atoms with Crippen LogP contribution in [0.25, 0.3) is 0 Å². The largest absolute Gasteiger partial charge is 0.506 e. The molecule has 0 fully saturated rings. The number of benzene rings is 1. The fourth-order valence-electron chi connectivity index (χ4n) is 1.03. The molecule has 1 aromatic carbocycles. The van der Waals surface area contributed by atoms with Crippen molar-refractivity contribution in [2.45, 2.75) is 6.04 Å². The number of phenols is 1. The zero-order chi connectivity index (χ0) is 10.9. The Morgan fingerprint density at radius 1 is 1.53 bits per heavy atom. The Morgan fingerprint density at radius 2 is 2.07 bits per heavy atom. The van der Waals surface area contributed by atoms with Gasteiger partial charge in [-0.25, -0.2) is 8.78 Å². The number of phenolic OH excluding ortho intramolecular Hbond substituents is 1. The molecule has 0 aliphatic rings. The molecule has 84 valence electrons. The lowest BCUT2D eigenvalue weighted by atomic mass is 10.1. The van der Waals surface area contributed by atoms with Crippen LogP contribution in [0.3, 0.4) is 0 Å². The van der Waals surface area contributed by atoms with Gasteiger partial charge in [-0.1, -0.05) is 6.08 Å². The average Bonchev–Trinajstić information content (AvgIpc) is 2.15. The van der Waals surface area contributed by atoms with Crippen molar-refractivity contribution in [3.8, 4) is 5.75 Å². The number of aromatic hydroxyl groups is 1. The molecular formula is C9H9BrClF2NO. The Morgan fingerprint density at radius 3 is 2.53 bits per heavy atom. The lowest BCUT2D eigenvalue weighted by Crippen LogP contribution is -2.10. The summed E-state index contributed by atoms with van der Waals surface area (Å²) in [6, 6.07) is -0.105. The molecule has 0 heterocycles. The minimum absolute atomic E-state index is 0. The topological polar surface area (TPSA) is 46.2 Å². The maximum Gasteiger partial charge on any atom is 0.167 e. The molecule has 1 aromatic rings. The highest BCUT2D eigenvalue weighted by Gasteiger charge is 2.20. The van der Waals surface area contributed by atoms with E-state index >= 15 is 0 Å². The summed E-state index contributed by atoms with van der Waals surface area (Å²) < 4.78 is 26.2. The lowest BCUT2D eigenvalue weighted by molar-refractivity contribution is 0.434. The summed E-state index contributed by atoms with van der Waals surface area (Å²) in [7, 11) is 0. The molecule has 0 unspecified atom stereocenters. The van der Waals surface area contributed by atoms with Gasteiger partial charge in [0.15, 0.2) is 11.6 Å². The van der Waals surface area contributed by atoms with E-state index in [2.05, 4.69) is 22.5 Å². The van der Waals surface area contributed by atoms with Crippen LogP contribution in [-0.2, 0) is 0 Å². The molecule has 0 aliphatic carbocycles. The predicted molar refractivity (Wildman–Crippen MR) is 60.1 cm³/mol. The maximum atomic E-state index is 13.2. The van der Waals surface area contributed by atoms with E-state index in [0.717, 1.165) is 6.07 Å². The van der Waals surface area contributed by atoms with Crippen LogP contribution in [0.1, 0.15) is 11.6 Å². The van der Waals surface area contributed by atoms with Crippen LogP contribution in [0.2, 0.25) is 0 Å². The highest BCUT2D eigenvalue weighted by Crippen LogP contribution is 2.35. The van der Waals surface area contributed by atoms with Gasteiger partial charge >= 0.3 is 0 Å². The van der Waals surface area contributed by atoms with Crippen molar-refractivity contribution in [3.63, 3.8) is 0 Å². The highest BCUT2D eigenvalue weighted by atomic mass is 79.9. The van der Waals surface area contributed by atoms with E-state index in [1.165, 1.54) is 6.08 Å². The Labute approximate surface area is 100 Å². The normalized spacial score (nSPS) is 11.7. The molecule has 6 heteroatoms. The first-order valence-electron chi connectivity index (χ1n) is 3.73. The van der Waals surface area contributed by atoms with Crippen molar-refractivity contribution in [1.29, 1.82) is 0 Å². The second-order valence-electron chi connectivity index (χ2n) is 2.68. The monoisotopic (exact) mass is 299 g/mol. The van der Waals surface area contributed by atoms with Gasteiger partial charge in [-0.05, 0) is 22.0 Å². The van der Waals surface area contributed by atoms with E-state index in [0.29, 0.717) is 0 Å². The van der Waals surface area contributed by atoms with Gasteiger partial charge in [-0.3, -0.25) is 0 Å². The lowest BCUT2D eigenvalue weighted by Gasteiger charge is -2.12. The third-order valence-corrected chi connectivity index (χ3v) is 2.37. The van der Waals surface area contributed by atoms with E-state index in [1.54, 1.807) is 0 Å². The fourth-order valence-corrected chi connectivity index (χ4v) is 1.44. The van der Waals surface area contributed by atoms with E-state index in [1.807, 2.05) is 0 Å². The van der Waals surface area contributed by atoms with Crippen LogP contribution in [0.5, 0.6) is 5.75 Å². The van der Waals surface area contributed by atoms with Crippen LogP contribution in [0, 0.1) is 11.6 Å². The van der Waals surface area contributed by atoms with Crippen molar-refractivity contribution in [2.75, 3.05) is 0 Å². The second-order valence-corrected chi connectivity index (χ2v) is 3.53. The molecule has 0 saturated carbocycles. The van der Waals surface area contributed by atoms with E-state index in [9.17, 15) is 13.9 Å². The van der Waals surface area contributed by atoms with Crippen LogP contribution in [0.15, 0.2) is 23.2 Å². The van der Waals surface area contributed by atoms with E-state index in [-0.39, 0.29) is 22.4 Å².